The Labute approximate surface area is 171 Å². The molecule has 0 fully saturated rings. The van der Waals surface area contributed by atoms with Gasteiger partial charge in [0, 0.05) is 23.9 Å². The highest BCUT2D eigenvalue weighted by Gasteiger charge is 2.38. The van der Waals surface area contributed by atoms with Crippen LogP contribution in [0.2, 0.25) is 0 Å². The third kappa shape index (κ3) is 4.22. The second kappa shape index (κ2) is 7.71. The van der Waals surface area contributed by atoms with Gasteiger partial charge in [-0.2, -0.15) is 23.3 Å². The van der Waals surface area contributed by atoms with Crippen LogP contribution in [0.3, 0.4) is 0 Å². The second-order valence-corrected chi connectivity index (χ2v) is 7.42. The van der Waals surface area contributed by atoms with E-state index in [-0.39, 0.29) is 18.3 Å². The molecule has 0 radical (unpaired) electrons. The van der Waals surface area contributed by atoms with E-state index in [1.54, 1.807) is 41.3 Å². The summed E-state index contributed by atoms with van der Waals surface area (Å²) >= 11 is 1.31. The third-order valence-electron chi connectivity index (χ3n) is 3.99. The van der Waals surface area contributed by atoms with E-state index in [9.17, 15) is 18.0 Å². The molecule has 3 aromatic heterocycles. The van der Waals surface area contributed by atoms with E-state index in [1.807, 2.05) is 6.92 Å². The zero-order chi connectivity index (χ0) is 21.3. The van der Waals surface area contributed by atoms with Gasteiger partial charge in [-0.05, 0) is 31.2 Å². The zero-order valence-corrected chi connectivity index (χ0v) is 16.2. The Morgan fingerprint density at radius 2 is 2.00 bits per heavy atom. The Morgan fingerprint density at radius 1 is 1.23 bits per heavy atom. The molecule has 0 bridgehead atoms. The third-order valence-corrected chi connectivity index (χ3v) is 4.90. The molecule has 154 valence electrons. The van der Waals surface area contributed by atoms with Gasteiger partial charge in [0.1, 0.15) is 4.88 Å². The molecule has 0 aliphatic heterocycles. The van der Waals surface area contributed by atoms with Gasteiger partial charge in [0.2, 0.25) is 5.82 Å². The molecule has 3 heterocycles. The van der Waals surface area contributed by atoms with Crippen molar-refractivity contribution in [1.29, 1.82) is 0 Å². The molecule has 0 aliphatic carbocycles. The lowest BCUT2D eigenvalue weighted by molar-refractivity contribution is -0.159. The van der Waals surface area contributed by atoms with Crippen molar-refractivity contribution in [3.05, 3.63) is 64.2 Å². The lowest BCUT2D eigenvalue weighted by Crippen LogP contribution is -2.21. The molecule has 1 N–H and O–H groups in total. The number of hydrogen-bond donors (Lipinski definition) is 1. The largest absolute Gasteiger partial charge is 0.471 e. The predicted molar refractivity (Wildman–Crippen MR) is 99.9 cm³/mol. The fraction of sp³-hybridized carbons (Fsp3) is 0.167. The Bertz CT molecular complexity index is 1180. The van der Waals surface area contributed by atoms with Crippen LogP contribution in [0.4, 0.5) is 13.2 Å². The van der Waals surface area contributed by atoms with Crippen LogP contribution in [0.15, 0.2) is 47.4 Å². The molecule has 1 amide bonds. The van der Waals surface area contributed by atoms with Gasteiger partial charge in [-0.25, -0.2) is 9.67 Å². The van der Waals surface area contributed by atoms with Crippen molar-refractivity contribution < 1.29 is 22.5 Å². The van der Waals surface area contributed by atoms with Gasteiger partial charge < -0.3 is 9.84 Å². The van der Waals surface area contributed by atoms with Crippen molar-refractivity contribution in [1.82, 2.24) is 30.2 Å². The topological polar surface area (TPSA) is 98.7 Å². The molecular formula is C18H13F3N6O2S. The molecule has 4 aromatic rings. The van der Waals surface area contributed by atoms with Gasteiger partial charge in [0.05, 0.1) is 23.1 Å². The van der Waals surface area contributed by atoms with E-state index < -0.39 is 12.1 Å². The number of benzene rings is 1. The standard InChI is InChI=1S/C18H13F3N6O2S/c1-10-22-8-14(30-10)16(28)23-6-11-7-24-27(9-11)13-4-2-12(3-5-13)15-25-17(29-26-15)18(19,20)21/h2-5,7-9H,6H2,1H3,(H,23,28). The number of halogens is 3. The van der Waals surface area contributed by atoms with Crippen LogP contribution < -0.4 is 5.32 Å². The van der Waals surface area contributed by atoms with Crippen LogP contribution in [0.5, 0.6) is 0 Å². The Morgan fingerprint density at radius 3 is 2.63 bits per heavy atom. The summed E-state index contributed by atoms with van der Waals surface area (Å²) in [5, 5.41) is 11.2. The Balaban J connectivity index is 1.42. The van der Waals surface area contributed by atoms with Gasteiger partial charge in [-0.3, -0.25) is 4.79 Å². The van der Waals surface area contributed by atoms with E-state index in [1.165, 1.54) is 17.5 Å². The summed E-state index contributed by atoms with van der Waals surface area (Å²) in [6.07, 6.45) is 0.191. The first kappa shape index (κ1) is 19.8. The molecule has 0 atom stereocenters. The zero-order valence-electron chi connectivity index (χ0n) is 15.3. The van der Waals surface area contributed by atoms with Crippen molar-refractivity contribution in [2.45, 2.75) is 19.6 Å². The van der Waals surface area contributed by atoms with Crippen molar-refractivity contribution >= 4 is 17.2 Å². The average Bonchev–Trinajstić information content (AvgIpc) is 3.46. The van der Waals surface area contributed by atoms with E-state index in [0.29, 0.717) is 16.1 Å². The molecule has 1 aromatic carbocycles. The molecule has 0 saturated carbocycles. The predicted octanol–water partition coefficient (Wildman–Crippen LogP) is 3.64. The van der Waals surface area contributed by atoms with Crippen molar-refractivity contribution in [3.63, 3.8) is 0 Å². The number of hydrogen-bond acceptors (Lipinski definition) is 7. The summed E-state index contributed by atoms with van der Waals surface area (Å²) in [5.41, 5.74) is 1.83. The van der Waals surface area contributed by atoms with Crippen molar-refractivity contribution in [2.24, 2.45) is 0 Å². The molecule has 30 heavy (non-hydrogen) atoms. The number of rotatable bonds is 5. The number of aromatic nitrogens is 5. The highest BCUT2D eigenvalue weighted by Crippen LogP contribution is 2.29. The molecule has 0 saturated heterocycles. The number of amides is 1. The number of nitrogens with one attached hydrogen (secondary N) is 1. The van der Waals surface area contributed by atoms with E-state index in [2.05, 4.69) is 30.1 Å². The summed E-state index contributed by atoms with van der Waals surface area (Å²) in [6.45, 7) is 2.11. The maximum atomic E-state index is 12.6. The monoisotopic (exact) mass is 434 g/mol. The van der Waals surface area contributed by atoms with Gasteiger partial charge in [-0.15, -0.1) is 11.3 Å². The number of carbonyl (C=O) groups excluding carboxylic acids is 1. The van der Waals surface area contributed by atoms with Gasteiger partial charge >= 0.3 is 12.1 Å². The summed E-state index contributed by atoms with van der Waals surface area (Å²) in [6, 6.07) is 6.45. The Hall–Kier alpha value is -3.54. The number of aryl methyl sites for hydroxylation is 1. The summed E-state index contributed by atoms with van der Waals surface area (Å²) in [7, 11) is 0. The van der Waals surface area contributed by atoms with Crippen LogP contribution in [-0.4, -0.2) is 30.8 Å². The molecule has 4 rings (SSSR count). The second-order valence-electron chi connectivity index (χ2n) is 6.19. The lowest BCUT2D eigenvalue weighted by Gasteiger charge is -2.02. The van der Waals surface area contributed by atoms with Crippen LogP contribution in [-0.2, 0) is 12.7 Å². The number of nitrogens with zero attached hydrogens (tertiary/aromatic N) is 5. The van der Waals surface area contributed by atoms with Crippen molar-refractivity contribution in [2.75, 3.05) is 0 Å². The highest BCUT2D eigenvalue weighted by atomic mass is 32.1. The van der Waals surface area contributed by atoms with Crippen LogP contribution in [0, 0.1) is 6.92 Å². The SMILES string of the molecule is Cc1ncc(C(=O)NCc2cnn(-c3ccc(-c4noc(C(F)(F)F)n4)cc3)c2)s1. The minimum atomic E-state index is -4.69. The normalized spacial score (nSPS) is 11.6. The van der Waals surface area contributed by atoms with E-state index in [0.717, 1.165) is 10.6 Å². The summed E-state index contributed by atoms with van der Waals surface area (Å²) in [5.74, 6) is -1.76. The minimum absolute atomic E-state index is 0.156. The Kier molecular flexibility index (Phi) is 5.08. The fourth-order valence-electron chi connectivity index (χ4n) is 2.55. The summed E-state index contributed by atoms with van der Waals surface area (Å²) < 4.78 is 43.6. The highest BCUT2D eigenvalue weighted by molar-refractivity contribution is 7.13. The first-order valence-corrected chi connectivity index (χ1v) is 9.37. The van der Waals surface area contributed by atoms with Crippen molar-refractivity contribution in [3.8, 4) is 17.1 Å². The number of carbonyl (C=O) groups is 1. The number of thiazole rings is 1. The minimum Gasteiger partial charge on any atom is -0.347 e. The fourth-order valence-corrected chi connectivity index (χ4v) is 3.24. The quantitative estimate of drug-likeness (QED) is 0.515. The van der Waals surface area contributed by atoms with Crippen LogP contribution in [0.25, 0.3) is 17.1 Å². The molecule has 0 spiro atoms. The molecular weight excluding hydrogens is 421 g/mol. The molecule has 0 unspecified atom stereocenters. The van der Waals surface area contributed by atoms with Gasteiger partial charge in [0.25, 0.3) is 5.91 Å². The lowest BCUT2D eigenvalue weighted by atomic mass is 10.2. The summed E-state index contributed by atoms with van der Waals surface area (Å²) in [4.78, 5) is 20.0. The molecule has 12 heteroatoms. The van der Waals surface area contributed by atoms with Crippen LogP contribution >= 0.6 is 11.3 Å². The average molecular weight is 434 g/mol. The van der Waals surface area contributed by atoms with E-state index in [4.69, 9.17) is 0 Å². The van der Waals surface area contributed by atoms with E-state index >= 15 is 0 Å². The first-order chi connectivity index (χ1) is 14.3. The maximum absolute atomic E-state index is 12.6. The van der Waals surface area contributed by atoms with Gasteiger partial charge in [-0.1, -0.05) is 5.16 Å². The smallest absolute Gasteiger partial charge is 0.347 e. The maximum Gasteiger partial charge on any atom is 0.471 e. The molecule has 8 nitrogen and oxygen atoms in total. The van der Waals surface area contributed by atoms with Crippen LogP contribution in [0.1, 0.15) is 26.1 Å². The molecule has 0 aliphatic rings. The van der Waals surface area contributed by atoms with Gasteiger partial charge in [0.15, 0.2) is 0 Å². The number of alkyl halides is 3. The first-order valence-electron chi connectivity index (χ1n) is 8.55.